The number of nitrogens with zero attached hydrogens (tertiary/aromatic N) is 1. The van der Waals surface area contributed by atoms with Crippen molar-refractivity contribution in [1.29, 1.82) is 5.26 Å². The fourth-order valence-corrected chi connectivity index (χ4v) is 1.23. The topological polar surface area (TPSA) is 49.8 Å². The lowest BCUT2D eigenvalue weighted by molar-refractivity contribution is 1.40. The largest absolute Gasteiger partial charge is 0.399 e. The highest BCUT2D eigenvalue weighted by Crippen LogP contribution is 2.21. The number of aryl methyl sites for hydroxylation is 1. The molecule has 0 saturated carbocycles. The molecule has 0 fully saturated rings. The first kappa shape index (κ1) is 7.90. The van der Waals surface area contributed by atoms with Crippen molar-refractivity contribution in [1.82, 2.24) is 0 Å². The van der Waals surface area contributed by atoms with E-state index in [0.29, 0.717) is 16.3 Å². The molecule has 0 saturated heterocycles. The van der Waals surface area contributed by atoms with Crippen molar-refractivity contribution in [3.8, 4) is 6.07 Å². The molecule has 0 bridgehead atoms. The van der Waals surface area contributed by atoms with Crippen LogP contribution >= 0.6 is 11.6 Å². The minimum atomic E-state index is 0.421. The average molecular weight is 167 g/mol. The molecule has 0 heterocycles. The number of anilines is 1. The second kappa shape index (κ2) is 2.81. The number of rotatable bonds is 0. The standard InChI is InChI=1S/C8H7ClN2/c1-5-2-6(11)3-8(9)7(5)4-10/h2-3H,11H2,1H3. The van der Waals surface area contributed by atoms with Gasteiger partial charge in [0.05, 0.1) is 10.6 Å². The van der Waals surface area contributed by atoms with Gasteiger partial charge >= 0.3 is 0 Å². The second-order valence-electron chi connectivity index (χ2n) is 2.31. The molecule has 0 amide bonds. The molecule has 3 heteroatoms. The molecule has 0 atom stereocenters. The summed E-state index contributed by atoms with van der Waals surface area (Å²) in [7, 11) is 0. The van der Waals surface area contributed by atoms with Crippen LogP contribution < -0.4 is 5.73 Å². The van der Waals surface area contributed by atoms with Gasteiger partial charge in [0.25, 0.3) is 0 Å². The van der Waals surface area contributed by atoms with Crippen molar-refractivity contribution in [3.05, 3.63) is 28.3 Å². The molecule has 2 nitrogen and oxygen atoms in total. The fourth-order valence-electron chi connectivity index (χ4n) is 0.912. The van der Waals surface area contributed by atoms with Gasteiger partial charge in [0.2, 0.25) is 0 Å². The molecular formula is C8H7ClN2. The summed E-state index contributed by atoms with van der Waals surface area (Å²) >= 11 is 5.73. The quantitative estimate of drug-likeness (QED) is 0.600. The maximum atomic E-state index is 8.61. The molecular weight excluding hydrogens is 160 g/mol. The minimum Gasteiger partial charge on any atom is -0.399 e. The number of nitrogen functional groups attached to an aromatic ring is 1. The van der Waals surface area contributed by atoms with Gasteiger partial charge in [0.15, 0.2) is 0 Å². The second-order valence-corrected chi connectivity index (χ2v) is 2.71. The van der Waals surface area contributed by atoms with Gasteiger partial charge in [-0.25, -0.2) is 0 Å². The highest BCUT2D eigenvalue weighted by atomic mass is 35.5. The van der Waals surface area contributed by atoms with Crippen molar-refractivity contribution in [2.75, 3.05) is 5.73 Å². The van der Waals surface area contributed by atoms with Gasteiger partial charge in [0.1, 0.15) is 6.07 Å². The van der Waals surface area contributed by atoms with Crippen molar-refractivity contribution < 1.29 is 0 Å². The van der Waals surface area contributed by atoms with E-state index in [1.54, 1.807) is 19.1 Å². The monoisotopic (exact) mass is 166 g/mol. The predicted molar refractivity (Wildman–Crippen MR) is 45.3 cm³/mol. The Kier molecular flexibility index (Phi) is 2.02. The molecule has 1 aromatic rings. The van der Waals surface area contributed by atoms with Crippen LogP contribution in [-0.4, -0.2) is 0 Å². The summed E-state index contributed by atoms with van der Waals surface area (Å²) in [6.45, 7) is 1.81. The highest BCUT2D eigenvalue weighted by Gasteiger charge is 2.03. The summed E-state index contributed by atoms with van der Waals surface area (Å²) in [6.07, 6.45) is 0. The summed E-state index contributed by atoms with van der Waals surface area (Å²) in [5.41, 5.74) is 7.40. The lowest BCUT2D eigenvalue weighted by atomic mass is 10.1. The van der Waals surface area contributed by atoms with Crippen LogP contribution in [0.2, 0.25) is 5.02 Å². The van der Waals surface area contributed by atoms with Crippen molar-refractivity contribution >= 4 is 17.3 Å². The van der Waals surface area contributed by atoms with Gasteiger partial charge in [-0.05, 0) is 24.6 Å². The van der Waals surface area contributed by atoms with Crippen LogP contribution in [0.5, 0.6) is 0 Å². The Morgan fingerprint density at radius 1 is 1.55 bits per heavy atom. The van der Waals surface area contributed by atoms with Gasteiger partial charge in [-0.1, -0.05) is 11.6 Å². The fraction of sp³-hybridized carbons (Fsp3) is 0.125. The minimum absolute atomic E-state index is 0.421. The van der Waals surface area contributed by atoms with Crippen LogP contribution in [0.4, 0.5) is 5.69 Å². The Bertz CT molecular complexity index is 302. The number of hydrogen-bond acceptors (Lipinski definition) is 2. The molecule has 1 aromatic carbocycles. The number of hydrogen-bond donors (Lipinski definition) is 1. The van der Waals surface area contributed by atoms with Gasteiger partial charge in [-0.3, -0.25) is 0 Å². The first-order valence-corrected chi connectivity index (χ1v) is 3.48. The summed E-state index contributed by atoms with van der Waals surface area (Å²) in [6, 6.07) is 5.31. The van der Waals surface area contributed by atoms with Crippen LogP contribution in [0.3, 0.4) is 0 Å². The third kappa shape index (κ3) is 1.44. The van der Waals surface area contributed by atoms with Crippen LogP contribution in [0.25, 0.3) is 0 Å². The molecule has 11 heavy (non-hydrogen) atoms. The van der Waals surface area contributed by atoms with E-state index in [1.165, 1.54) is 0 Å². The molecule has 56 valence electrons. The molecule has 0 radical (unpaired) electrons. The molecule has 0 aromatic heterocycles. The Hall–Kier alpha value is -1.20. The summed E-state index contributed by atoms with van der Waals surface area (Å²) < 4.78 is 0. The van der Waals surface area contributed by atoms with Crippen molar-refractivity contribution in [2.45, 2.75) is 6.92 Å². The average Bonchev–Trinajstić information content (AvgIpc) is 1.85. The first-order chi connectivity index (χ1) is 5.15. The predicted octanol–water partition coefficient (Wildman–Crippen LogP) is 2.10. The third-order valence-electron chi connectivity index (χ3n) is 1.42. The third-order valence-corrected chi connectivity index (χ3v) is 1.72. The normalized spacial score (nSPS) is 9.18. The van der Waals surface area contributed by atoms with Gasteiger partial charge in [-0.2, -0.15) is 5.26 Å². The molecule has 2 N–H and O–H groups in total. The van der Waals surface area contributed by atoms with Gasteiger partial charge < -0.3 is 5.73 Å². The molecule has 0 aliphatic heterocycles. The Morgan fingerprint density at radius 2 is 2.18 bits per heavy atom. The van der Waals surface area contributed by atoms with Crippen LogP contribution in [0, 0.1) is 18.3 Å². The number of nitriles is 1. The van der Waals surface area contributed by atoms with E-state index in [-0.39, 0.29) is 0 Å². The van der Waals surface area contributed by atoms with E-state index in [2.05, 4.69) is 0 Å². The van der Waals surface area contributed by atoms with Crippen LogP contribution in [-0.2, 0) is 0 Å². The Morgan fingerprint density at radius 3 is 2.64 bits per heavy atom. The molecule has 0 unspecified atom stereocenters. The Balaban J connectivity index is 3.40. The van der Waals surface area contributed by atoms with E-state index >= 15 is 0 Å². The number of nitrogens with two attached hydrogens (primary N) is 1. The van der Waals surface area contributed by atoms with Crippen molar-refractivity contribution in [3.63, 3.8) is 0 Å². The lowest BCUT2D eigenvalue weighted by Gasteiger charge is -2.00. The van der Waals surface area contributed by atoms with E-state index in [1.807, 2.05) is 6.07 Å². The van der Waals surface area contributed by atoms with E-state index in [4.69, 9.17) is 22.6 Å². The van der Waals surface area contributed by atoms with Crippen LogP contribution in [0.15, 0.2) is 12.1 Å². The maximum Gasteiger partial charge on any atom is 0.101 e. The number of halogens is 1. The zero-order chi connectivity index (χ0) is 8.43. The summed E-state index contributed by atoms with van der Waals surface area (Å²) in [5.74, 6) is 0. The molecule has 0 spiro atoms. The van der Waals surface area contributed by atoms with Crippen LogP contribution in [0.1, 0.15) is 11.1 Å². The van der Waals surface area contributed by atoms with Crippen molar-refractivity contribution in [2.24, 2.45) is 0 Å². The van der Waals surface area contributed by atoms with E-state index in [0.717, 1.165) is 5.56 Å². The smallest absolute Gasteiger partial charge is 0.101 e. The highest BCUT2D eigenvalue weighted by molar-refractivity contribution is 6.32. The zero-order valence-corrected chi connectivity index (χ0v) is 6.81. The first-order valence-electron chi connectivity index (χ1n) is 3.11. The van der Waals surface area contributed by atoms with Gasteiger partial charge in [-0.15, -0.1) is 0 Å². The van der Waals surface area contributed by atoms with E-state index < -0.39 is 0 Å². The lowest BCUT2D eigenvalue weighted by Crippen LogP contribution is -1.89. The van der Waals surface area contributed by atoms with Gasteiger partial charge in [0, 0.05) is 5.69 Å². The number of benzene rings is 1. The zero-order valence-electron chi connectivity index (χ0n) is 6.06. The molecule has 0 aliphatic carbocycles. The SMILES string of the molecule is Cc1cc(N)cc(Cl)c1C#N. The molecule has 0 aliphatic rings. The summed E-state index contributed by atoms with van der Waals surface area (Å²) in [4.78, 5) is 0. The molecule has 1 rings (SSSR count). The summed E-state index contributed by atoms with van der Waals surface area (Å²) in [5, 5.41) is 9.04. The Labute approximate surface area is 70.2 Å². The maximum absolute atomic E-state index is 8.61. The van der Waals surface area contributed by atoms with E-state index in [9.17, 15) is 0 Å².